The highest BCUT2D eigenvalue weighted by Crippen LogP contribution is 2.67. The molecule has 0 bridgehead atoms. The molecule has 3 saturated carbocycles. The molecule has 24 heavy (non-hydrogen) atoms. The molecule has 1 N–H and O–H groups in total. The van der Waals surface area contributed by atoms with Crippen molar-refractivity contribution in [2.24, 2.45) is 29.1 Å². The lowest BCUT2D eigenvalue weighted by atomic mass is 9.48. The van der Waals surface area contributed by atoms with Gasteiger partial charge in [-0.25, -0.2) is 0 Å². The second-order valence-corrected chi connectivity index (χ2v) is 8.93. The summed E-state index contributed by atoms with van der Waals surface area (Å²) >= 11 is 0. The Hall–Kier alpha value is -0.890. The van der Waals surface area contributed by atoms with Gasteiger partial charge in [0.1, 0.15) is 0 Å². The highest BCUT2D eigenvalue weighted by Gasteiger charge is 2.63. The monoisotopic (exact) mass is 328 g/mol. The van der Waals surface area contributed by atoms with Crippen LogP contribution in [-0.2, 0) is 4.79 Å². The van der Waals surface area contributed by atoms with Gasteiger partial charge >= 0.3 is 0 Å². The van der Waals surface area contributed by atoms with Crippen LogP contribution in [0.1, 0.15) is 71.6 Å². The van der Waals surface area contributed by atoms with Crippen molar-refractivity contribution < 1.29 is 9.90 Å². The van der Waals surface area contributed by atoms with Crippen molar-refractivity contribution in [1.82, 2.24) is 0 Å². The summed E-state index contributed by atoms with van der Waals surface area (Å²) in [6, 6.07) is 0. The topological polar surface area (TPSA) is 37.3 Å². The molecule has 0 saturated heterocycles. The Kier molecular flexibility index (Phi) is 3.84. The maximum atomic E-state index is 11.8. The fourth-order valence-electron chi connectivity index (χ4n) is 7.34. The predicted molar refractivity (Wildman–Crippen MR) is 96.5 cm³/mol. The van der Waals surface area contributed by atoms with Crippen molar-refractivity contribution in [3.8, 4) is 0 Å². The molecule has 6 atom stereocenters. The third-order valence-corrected chi connectivity index (χ3v) is 8.44. The minimum Gasteiger partial charge on any atom is -0.389 e. The first-order chi connectivity index (χ1) is 11.5. The minimum absolute atomic E-state index is 0.0473. The van der Waals surface area contributed by atoms with Crippen LogP contribution < -0.4 is 0 Å². The van der Waals surface area contributed by atoms with E-state index in [4.69, 9.17) is 0 Å². The minimum atomic E-state index is -0.501. The van der Waals surface area contributed by atoms with Crippen LogP contribution in [0.4, 0.5) is 0 Å². The molecule has 2 nitrogen and oxygen atoms in total. The molecule has 0 aromatic carbocycles. The molecular weight excluding hydrogens is 296 g/mol. The molecule has 0 spiro atoms. The molecule has 0 aliphatic heterocycles. The highest BCUT2D eigenvalue weighted by molar-refractivity contribution is 5.91. The van der Waals surface area contributed by atoms with Crippen LogP contribution >= 0.6 is 0 Å². The Balaban J connectivity index is 1.72. The van der Waals surface area contributed by atoms with Crippen molar-refractivity contribution >= 4 is 5.78 Å². The number of fused-ring (bicyclic) bond motifs is 5. The van der Waals surface area contributed by atoms with Crippen LogP contribution in [0.2, 0.25) is 0 Å². The Bertz CT molecular complexity index is 603. The van der Waals surface area contributed by atoms with Crippen molar-refractivity contribution in [2.45, 2.75) is 77.2 Å². The number of aliphatic hydroxyl groups is 1. The lowest BCUT2D eigenvalue weighted by Gasteiger charge is -2.57. The van der Waals surface area contributed by atoms with E-state index in [9.17, 15) is 9.90 Å². The van der Waals surface area contributed by atoms with Crippen LogP contribution in [0.25, 0.3) is 0 Å². The molecule has 0 aromatic rings. The Morgan fingerprint density at radius 1 is 1.21 bits per heavy atom. The van der Waals surface area contributed by atoms with Gasteiger partial charge < -0.3 is 5.11 Å². The molecule has 3 fully saturated rings. The van der Waals surface area contributed by atoms with Crippen molar-refractivity contribution in [3.63, 3.8) is 0 Å². The average molecular weight is 328 g/mol. The van der Waals surface area contributed by atoms with Gasteiger partial charge in [0.05, 0.1) is 5.60 Å². The van der Waals surface area contributed by atoms with E-state index in [0.717, 1.165) is 38.5 Å². The summed E-state index contributed by atoms with van der Waals surface area (Å²) < 4.78 is 0. The van der Waals surface area contributed by atoms with E-state index in [2.05, 4.69) is 20.4 Å². The smallest absolute Gasteiger partial charge is 0.155 e. The third kappa shape index (κ3) is 2.01. The van der Waals surface area contributed by atoms with Crippen LogP contribution in [0.15, 0.2) is 23.8 Å². The summed E-state index contributed by atoms with van der Waals surface area (Å²) in [7, 11) is 0. The summed E-state index contributed by atoms with van der Waals surface area (Å²) in [4.78, 5) is 11.8. The van der Waals surface area contributed by atoms with E-state index < -0.39 is 5.60 Å². The summed E-state index contributed by atoms with van der Waals surface area (Å²) in [6.45, 7) is 8.97. The quantitative estimate of drug-likeness (QED) is 0.738. The normalized spacial score (nSPS) is 47.7. The second kappa shape index (κ2) is 5.56. The van der Waals surface area contributed by atoms with Crippen LogP contribution in [0.3, 0.4) is 0 Å². The molecule has 4 rings (SSSR count). The Morgan fingerprint density at radius 2 is 2.00 bits per heavy atom. The van der Waals surface area contributed by atoms with Crippen LogP contribution in [0, 0.1) is 29.1 Å². The molecular formula is C22H32O2. The maximum Gasteiger partial charge on any atom is 0.155 e. The number of carbonyl (C=O) groups is 1. The lowest BCUT2D eigenvalue weighted by molar-refractivity contribution is -0.119. The van der Waals surface area contributed by atoms with Gasteiger partial charge in [-0.15, -0.1) is 0 Å². The molecule has 0 amide bonds. The SMILES string of the molecule is C=C1CC2(CC)C(CCC2(O)CC)C2CCC3=CC(=O)CCC3C12. The predicted octanol–water partition coefficient (Wildman–Crippen LogP) is 4.83. The van der Waals surface area contributed by atoms with E-state index >= 15 is 0 Å². The Morgan fingerprint density at radius 3 is 2.71 bits per heavy atom. The van der Waals surface area contributed by atoms with E-state index in [1.165, 1.54) is 24.0 Å². The highest BCUT2D eigenvalue weighted by atomic mass is 16.3. The summed E-state index contributed by atoms with van der Waals surface area (Å²) in [5.41, 5.74) is 2.32. The van der Waals surface area contributed by atoms with E-state index in [-0.39, 0.29) is 5.41 Å². The summed E-state index contributed by atoms with van der Waals surface area (Å²) in [5, 5.41) is 11.4. The zero-order valence-corrected chi connectivity index (χ0v) is 15.3. The number of carbonyl (C=O) groups excluding carboxylic acids is 1. The van der Waals surface area contributed by atoms with Gasteiger partial charge in [-0.05, 0) is 81.1 Å². The first kappa shape index (κ1) is 16.6. The zero-order valence-electron chi connectivity index (χ0n) is 15.3. The molecule has 4 aliphatic carbocycles. The largest absolute Gasteiger partial charge is 0.389 e. The molecule has 0 heterocycles. The molecule has 4 aliphatic rings. The van der Waals surface area contributed by atoms with Gasteiger partial charge in [-0.2, -0.15) is 0 Å². The number of hydrogen-bond acceptors (Lipinski definition) is 2. The fraction of sp³-hybridized carbons (Fsp3) is 0.773. The van der Waals surface area contributed by atoms with Gasteiger partial charge in [-0.1, -0.05) is 31.6 Å². The third-order valence-electron chi connectivity index (χ3n) is 8.44. The van der Waals surface area contributed by atoms with Gasteiger partial charge in [0.2, 0.25) is 0 Å². The standard InChI is InChI=1S/C22H32O2/c1-4-21-13-14(3)20-17-9-7-16(23)12-15(17)6-8-18(20)19(21)10-11-22(21,24)5-2/h12,17-20,24H,3-11,13H2,1-2H3. The van der Waals surface area contributed by atoms with Crippen molar-refractivity contribution in [3.05, 3.63) is 23.8 Å². The van der Waals surface area contributed by atoms with Gasteiger partial charge in [0.25, 0.3) is 0 Å². The zero-order chi connectivity index (χ0) is 17.1. The lowest BCUT2D eigenvalue weighted by Crippen LogP contribution is -2.54. The Labute approximate surface area is 146 Å². The molecule has 0 radical (unpaired) electrons. The molecule has 132 valence electrons. The molecule has 6 unspecified atom stereocenters. The summed E-state index contributed by atoms with van der Waals surface area (Å²) in [5.74, 6) is 2.75. The first-order valence-electron chi connectivity index (χ1n) is 10.1. The number of hydrogen-bond donors (Lipinski definition) is 1. The van der Waals surface area contributed by atoms with Crippen molar-refractivity contribution in [1.29, 1.82) is 0 Å². The van der Waals surface area contributed by atoms with Gasteiger partial charge in [0.15, 0.2) is 5.78 Å². The van der Waals surface area contributed by atoms with E-state index in [0.29, 0.717) is 35.9 Å². The van der Waals surface area contributed by atoms with Gasteiger partial charge in [0, 0.05) is 11.8 Å². The van der Waals surface area contributed by atoms with Crippen molar-refractivity contribution in [2.75, 3.05) is 0 Å². The van der Waals surface area contributed by atoms with E-state index in [1.807, 2.05) is 6.08 Å². The number of ketones is 1. The summed E-state index contributed by atoms with van der Waals surface area (Å²) in [6.07, 6.45) is 11.0. The van der Waals surface area contributed by atoms with Crippen LogP contribution in [-0.4, -0.2) is 16.5 Å². The van der Waals surface area contributed by atoms with Crippen LogP contribution in [0.5, 0.6) is 0 Å². The molecule has 0 aromatic heterocycles. The molecule has 2 heteroatoms. The van der Waals surface area contributed by atoms with E-state index in [1.54, 1.807) is 0 Å². The average Bonchev–Trinajstić information content (AvgIpc) is 2.88. The first-order valence-corrected chi connectivity index (χ1v) is 10.1. The number of rotatable bonds is 2. The van der Waals surface area contributed by atoms with Gasteiger partial charge in [-0.3, -0.25) is 4.79 Å². The number of allylic oxidation sites excluding steroid dienone is 2. The fourth-order valence-corrected chi connectivity index (χ4v) is 7.34. The maximum absolute atomic E-state index is 11.8. The second-order valence-electron chi connectivity index (χ2n) is 8.93.